The van der Waals surface area contributed by atoms with Crippen LogP contribution in [0.15, 0.2) is 18.2 Å². The predicted molar refractivity (Wildman–Crippen MR) is 89.9 cm³/mol. The topological polar surface area (TPSA) is 29.5 Å². The van der Waals surface area contributed by atoms with E-state index in [1.165, 1.54) is 44.9 Å². The van der Waals surface area contributed by atoms with Gasteiger partial charge in [-0.1, -0.05) is 57.9 Å². The lowest BCUT2D eigenvalue weighted by Crippen LogP contribution is -2.00. The number of ether oxygens (including phenoxy) is 1. The molecular weight excluding hydrogens is 260 g/mol. The molecule has 0 aliphatic carbocycles. The number of unbranched alkanes of at least 4 members (excludes halogenated alkanes) is 7. The Hall–Kier alpha value is -1.02. The van der Waals surface area contributed by atoms with Crippen molar-refractivity contribution in [3.8, 4) is 5.75 Å². The zero-order valence-corrected chi connectivity index (χ0v) is 14.0. The van der Waals surface area contributed by atoms with Crippen LogP contribution in [0.5, 0.6) is 5.75 Å². The summed E-state index contributed by atoms with van der Waals surface area (Å²) in [6.07, 6.45) is 10.1. The van der Waals surface area contributed by atoms with E-state index >= 15 is 0 Å². The summed E-state index contributed by atoms with van der Waals surface area (Å²) < 4.78 is 5.83. The first-order valence-corrected chi connectivity index (χ1v) is 8.56. The van der Waals surface area contributed by atoms with Crippen LogP contribution in [-0.4, -0.2) is 11.7 Å². The van der Waals surface area contributed by atoms with E-state index in [-0.39, 0.29) is 0 Å². The minimum atomic E-state index is -0.412. The van der Waals surface area contributed by atoms with Gasteiger partial charge in [0.05, 0.1) is 12.7 Å². The number of hydrogen-bond donors (Lipinski definition) is 1. The molecule has 120 valence electrons. The third-order valence-corrected chi connectivity index (χ3v) is 3.94. The van der Waals surface area contributed by atoms with Crippen molar-refractivity contribution in [1.82, 2.24) is 0 Å². The molecule has 1 atom stereocenters. The molecule has 0 saturated heterocycles. The molecule has 0 aromatic heterocycles. The highest BCUT2D eigenvalue weighted by molar-refractivity contribution is 5.36. The molecule has 0 aliphatic rings. The normalized spacial score (nSPS) is 12.4. The highest BCUT2D eigenvalue weighted by atomic mass is 16.5. The van der Waals surface area contributed by atoms with Gasteiger partial charge in [-0.2, -0.15) is 0 Å². The van der Waals surface area contributed by atoms with Gasteiger partial charge in [-0.25, -0.2) is 0 Å². The van der Waals surface area contributed by atoms with Gasteiger partial charge in [0.2, 0.25) is 0 Å². The van der Waals surface area contributed by atoms with Gasteiger partial charge in [-0.15, -0.1) is 0 Å². The number of hydrogen-bond acceptors (Lipinski definition) is 2. The Bertz CT molecular complexity index is 385. The predicted octanol–water partition coefficient (Wildman–Crippen LogP) is 5.57. The zero-order valence-electron chi connectivity index (χ0n) is 14.0. The van der Waals surface area contributed by atoms with Crippen molar-refractivity contribution in [2.75, 3.05) is 6.61 Å². The van der Waals surface area contributed by atoms with Crippen molar-refractivity contribution in [3.05, 3.63) is 29.3 Å². The van der Waals surface area contributed by atoms with Crippen LogP contribution < -0.4 is 4.74 Å². The van der Waals surface area contributed by atoms with E-state index < -0.39 is 6.10 Å². The Labute approximate surface area is 130 Å². The van der Waals surface area contributed by atoms with E-state index in [1.54, 1.807) is 6.92 Å². The molecule has 0 heterocycles. The maximum atomic E-state index is 9.55. The first-order valence-electron chi connectivity index (χ1n) is 8.56. The van der Waals surface area contributed by atoms with Crippen molar-refractivity contribution in [2.24, 2.45) is 0 Å². The molecule has 0 aliphatic heterocycles. The zero-order chi connectivity index (χ0) is 15.5. The summed E-state index contributed by atoms with van der Waals surface area (Å²) in [5.74, 6) is 0.947. The van der Waals surface area contributed by atoms with Crippen LogP contribution in [0.1, 0.15) is 82.4 Å². The average molecular weight is 292 g/mol. The number of benzene rings is 1. The first kappa shape index (κ1) is 18.0. The summed E-state index contributed by atoms with van der Waals surface area (Å²) in [6.45, 7) is 6.88. The molecule has 1 aromatic carbocycles. The highest BCUT2D eigenvalue weighted by Crippen LogP contribution is 2.23. The standard InChI is InChI=1S/C19H32O2/c1-4-5-6-7-8-9-10-11-14-21-19-13-12-18(17(3)20)15-16(19)2/h12-13,15,17,20H,4-11,14H2,1-3H3. The molecule has 2 nitrogen and oxygen atoms in total. The molecule has 2 heteroatoms. The molecule has 0 spiro atoms. The lowest BCUT2D eigenvalue weighted by atomic mass is 10.1. The quantitative estimate of drug-likeness (QED) is 0.540. The van der Waals surface area contributed by atoms with Crippen LogP contribution in [-0.2, 0) is 0 Å². The Balaban J connectivity index is 2.13. The number of aryl methyl sites for hydroxylation is 1. The van der Waals surface area contributed by atoms with Crippen molar-refractivity contribution < 1.29 is 9.84 Å². The van der Waals surface area contributed by atoms with E-state index in [2.05, 4.69) is 6.92 Å². The van der Waals surface area contributed by atoms with Crippen LogP contribution in [0.2, 0.25) is 0 Å². The van der Waals surface area contributed by atoms with Crippen molar-refractivity contribution >= 4 is 0 Å². The molecule has 0 saturated carbocycles. The van der Waals surface area contributed by atoms with Crippen LogP contribution in [0.3, 0.4) is 0 Å². The van der Waals surface area contributed by atoms with E-state index in [1.807, 2.05) is 25.1 Å². The molecule has 0 bridgehead atoms. The van der Waals surface area contributed by atoms with Crippen LogP contribution in [0.4, 0.5) is 0 Å². The third kappa shape index (κ3) is 7.52. The second-order valence-corrected chi connectivity index (χ2v) is 6.02. The minimum Gasteiger partial charge on any atom is -0.493 e. The van der Waals surface area contributed by atoms with Gasteiger partial charge in [0.15, 0.2) is 0 Å². The molecule has 0 amide bonds. The third-order valence-electron chi connectivity index (χ3n) is 3.94. The minimum absolute atomic E-state index is 0.412. The molecule has 1 aromatic rings. The summed E-state index contributed by atoms with van der Waals surface area (Å²) in [5.41, 5.74) is 2.06. The van der Waals surface area contributed by atoms with E-state index in [0.29, 0.717) is 0 Å². The first-order chi connectivity index (χ1) is 10.1. The van der Waals surface area contributed by atoms with E-state index in [9.17, 15) is 5.11 Å². The second-order valence-electron chi connectivity index (χ2n) is 6.02. The number of rotatable bonds is 11. The van der Waals surface area contributed by atoms with Crippen LogP contribution >= 0.6 is 0 Å². The summed E-state index contributed by atoms with van der Waals surface area (Å²) in [4.78, 5) is 0. The highest BCUT2D eigenvalue weighted by Gasteiger charge is 2.04. The van der Waals surface area contributed by atoms with Gasteiger partial charge in [0.25, 0.3) is 0 Å². The maximum Gasteiger partial charge on any atom is 0.122 e. The summed E-state index contributed by atoms with van der Waals surface area (Å²) in [5, 5.41) is 9.55. The monoisotopic (exact) mass is 292 g/mol. The van der Waals surface area contributed by atoms with Crippen molar-refractivity contribution in [1.29, 1.82) is 0 Å². The number of aliphatic hydroxyl groups excluding tert-OH is 1. The summed E-state index contributed by atoms with van der Waals surface area (Å²) in [7, 11) is 0. The van der Waals surface area contributed by atoms with Crippen molar-refractivity contribution in [2.45, 2.75) is 78.2 Å². The van der Waals surface area contributed by atoms with Gasteiger partial charge in [0, 0.05) is 0 Å². The maximum absolute atomic E-state index is 9.55. The smallest absolute Gasteiger partial charge is 0.122 e. The Morgan fingerprint density at radius 3 is 2.19 bits per heavy atom. The van der Waals surface area contributed by atoms with Crippen LogP contribution in [0, 0.1) is 6.92 Å². The van der Waals surface area contributed by atoms with Gasteiger partial charge in [-0.05, 0) is 43.5 Å². The fourth-order valence-corrected chi connectivity index (χ4v) is 2.51. The Morgan fingerprint density at radius 1 is 1.00 bits per heavy atom. The van der Waals surface area contributed by atoms with Gasteiger partial charge in [-0.3, -0.25) is 0 Å². The van der Waals surface area contributed by atoms with Crippen molar-refractivity contribution in [3.63, 3.8) is 0 Å². The molecule has 0 fully saturated rings. The largest absolute Gasteiger partial charge is 0.493 e. The molecule has 1 unspecified atom stereocenters. The SMILES string of the molecule is CCCCCCCCCCOc1ccc(C(C)O)cc1C. The van der Waals surface area contributed by atoms with Gasteiger partial charge in [0.1, 0.15) is 5.75 Å². The molecule has 1 N–H and O–H groups in total. The van der Waals surface area contributed by atoms with Gasteiger partial charge >= 0.3 is 0 Å². The average Bonchev–Trinajstić information content (AvgIpc) is 2.46. The molecule has 0 radical (unpaired) electrons. The number of aliphatic hydroxyl groups is 1. The molecular formula is C19H32O2. The van der Waals surface area contributed by atoms with Crippen LogP contribution in [0.25, 0.3) is 0 Å². The lowest BCUT2D eigenvalue weighted by molar-refractivity contribution is 0.199. The molecule has 1 rings (SSSR count). The Morgan fingerprint density at radius 2 is 1.62 bits per heavy atom. The second kappa shape index (κ2) is 10.7. The summed E-state index contributed by atoms with van der Waals surface area (Å²) in [6, 6.07) is 5.93. The van der Waals surface area contributed by atoms with E-state index in [4.69, 9.17) is 4.74 Å². The Kier molecular flexibility index (Phi) is 9.16. The summed E-state index contributed by atoms with van der Waals surface area (Å²) >= 11 is 0. The fraction of sp³-hybridized carbons (Fsp3) is 0.684. The van der Waals surface area contributed by atoms with E-state index in [0.717, 1.165) is 29.9 Å². The molecule has 21 heavy (non-hydrogen) atoms. The lowest BCUT2D eigenvalue weighted by Gasteiger charge is -2.12. The fourth-order valence-electron chi connectivity index (χ4n) is 2.51. The van der Waals surface area contributed by atoms with Gasteiger partial charge < -0.3 is 9.84 Å².